The number of hydrogen-bond acceptors (Lipinski definition) is 3. The molecule has 0 radical (unpaired) electrons. The van der Waals surface area contributed by atoms with E-state index in [1.807, 2.05) is 37.3 Å². The van der Waals surface area contributed by atoms with E-state index in [2.05, 4.69) is 21.2 Å². The van der Waals surface area contributed by atoms with Gasteiger partial charge in [0.15, 0.2) is 0 Å². The van der Waals surface area contributed by atoms with Crippen LogP contribution < -0.4 is 15.0 Å². The molecule has 2 aromatic rings. The summed E-state index contributed by atoms with van der Waals surface area (Å²) in [6.07, 6.45) is 0. The molecule has 1 unspecified atom stereocenters. The standard InChI is InChI=1S/C18H17BrN2O3/c1-3-21-14-6-4-5-7-15(14)24-18(2,17(21)23)16(22)20-13-10-8-12(19)9-11-13/h4-11H,3H2,1-2H3,(H,20,22). The normalized spacial score (nSPS) is 19.5. The molecule has 5 nitrogen and oxygen atoms in total. The number of likely N-dealkylation sites (N-methyl/N-ethyl adjacent to an activating group) is 1. The first-order valence-corrected chi connectivity index (χ1v) is 8.42. The van der Waals surface area contributed by atoms with Crippen molar-refractivity contribution in [1.29, 1.82) is 0 Å². The molecule has 0 fully saturated rings. The van der Waals surface area contributed by atoms with Crippen molar-refractivity contribution in [3.05, 3.63) is 53.0 Å². The summed E-state index contributed by atoms with van der Waals surface area (Å²) in [4.78, 5) is 27.2. The number of anilines is 2. The second-order valence-electron chi connectivity index (χ2n) is 5.61. The van der Waals surface area contributed by atoms with Crippen molar-refractivity contribution >= 4 is 39.1 Å². The van der Waals surface area contributed by atoms with Crippen molar-refractivity contribution in [3.63, 3.8) is 0 Å². The third-order valence-corrected chi connectivity index (χ3v) is 4.50. The smallest absolute Gasteiger partial charge is 0.280 e. The Balaban J connectivity index is 1.92. The molecule has 1 atom stereocenters. The molecule has 1 aliphatic heterocycles. The predicted octanol–water partition coefficient (Wildman–Crippen LogP) is 3.59. The number of hydrogen-bond donors (Lipinski definition) is 1. The molecule has 0 saturated heterocycles. The molecule has 0 aliphatic carbocycles. The van der Waals surface area contributed by atoms with Gasteiger partial charge in [-0.2, -0.15) is 0 Å². The van der Waals surface area contributed by atoms with Gasteiger partial charge in [-0.25, -0.2) is 0 Å². The lowest BCUT2D eigenvalue weighted by Crippen LogP contribution is -2.60. The zero-order chi connectivity index (χ0) is 17.3. The van der Waals surface area contributed by atoms with E-state index in [0.717, 1.165) is 4.47 Å². The molecule has 3 rings (SSSR count). The number of fused-ring (bicyclic) bond motifs is 1. The first kappa shape index (κ1) is 16.5. The number of carbonyl (C=O) groups excluding carboxylic acids is 2. The van der Waals surface area contributed by atoms with E-state index in [4.69, 9.17) is 4.74 Å². The Morgan fingerprint density at radius 1 is 1.21 bits per heavy atom. The lowest BCUT2D eigenvalue weighted by Gasteiger charge is -2.39. The largest absolute Gasteiger partial charge is 0.465 e. The van der Waals surface area contributed by atoms with Crippen molar-refractivity contribution in [1.82, 2.24) is 0 Å². The number of nitrogens with zero attached hydrogens (tertiary/aromatic N) is 1. The first-order chi connectivity index (χ1) is 11.5. The number of rotatable bonds is 3. The number of para-hydroxylation sites is 2. The minimum Gasteiger partial charge on any atom is -0.465 e. The Bertz CT molecular complexity index is 791. The van der Waals surface area contributed by atoms with Gasteiger partial charge in [-0.1, -0.05) is 28.1 Å². The molecule has 0 aromatic heterocycles. The van der Waals surface area contributed by atoms with E-state index < -0.39 is 11.5 Å². The average molecular weight is 389 g/mol. The summed E-state index contributed by atoms with van der Waals surface area (Å²) in [5, 5.41) is 2.75. The van der Waals surface area contributed by atoms with Crippen molar-refractivity contribution in [2.24, 2.45) is 0 Å². The number of benzene rings is 2. The Morgan fingerprint density at radius 2 is 1.88 bits per heavy atom. The molecule has 24 heavy (non-hydrogen) atoms. The summed E-state index contributed by atoms with van der Waals surface area (Å²) in [7, 11) is 0. The van der Waals surface area contributed by atoms with Crippen LogP contribution in [0.2, 0.25) is 0 Å². The average Bonchev–Trinajstić information content (AvgIpc) is 2.58. The van der Waals surface area contributed by atoms with Crippen molar-refractivity contribution < 1.29 is 14.3 Å². The summed E-state index contributed by atoms with van der Waals surface area (Å²) in [6.45, 7) is 3.83. The lowest BCUT2D eigenvalue weighted by molar-refractivity contribution is -0.145. The third kappa shape index (κ3) is 2.78. The van der Waals surface area contributed by atoms with Gasteiger partial charge in [0, 0.05) is 16.7 Å². The van der Waals surface area contributed by atoms with Crippen LogP contribution in [0.25, 0.3) is 0 Å². The maximum Gasteiger partial charge on any atom is 0.280 e. The van der Waals surface area contributed by atoms with E-state index in [9.17, 15) is 9.59 Å². The highest BCUT2D eigenvalue weighted by Crippen LogP contribution is 2.37. The van der Waals surface area contributed by atoms with Crippen molar-refractivity contribution in [2.75, 3.05) is 16.8 Å². The van der Waals surface area contributed by atoms with Crippen LogP contribution in [0.15, 0.2) is 53.0 Å². The first-order valence-electron chi connectivity index (χ1n) is 7.62. The molecule has 0 bridgehead atoms. The minimum absolute atomic E-state index is 0.377. The van der Waals surface area contributed by atoms with Gasteiger partial charge in [0.1, 0.15) is 5.75 Å². The molecule has 124 valence electrons. The Morgan fingerprint density at radius 3 is 2.54 bits per heavy atom. The van der Waals surface area contributed by atoms with E-state index in [0.29, 0.717) is 23.7 Å². The quantitative estimate of drug-likeness (QED) is 0.817. The molecule has 0 spiro atoms. The fraction of sp³-hybridized carbons (Fsp3) is 0.222. The monoisotopic (exact) mass is 388 g/mol. The van der Waals surface area contributed by atoms with E-state index in [1.165, 1.54) is 6.92 Å². The van der Waals surface area contributed by atoms with Gasteiger partial charge in [-0.15, -0.1) is 0 Å². The number of halogens is 1. The summed E-state index contributed by atoms with van der Waals surface area (Å²) >= 11 is 3.35. The zero-order valence-electron chi connectivity index (χ0n) is 13.4. The van der Waals surface area contributed by atoms with Crippen LogP contribution >= 0.6 is 15.9 Å². The predicted molar refractivity (Wildman–Crippen MR) is 96.3 cm³/mol. The van der Waals surface area contributed by atoms with Crippen molar-refractivity contribution in [3.8, 4) is 5.75 Å². The van der Waals surface area contributed by atoms with Gasteiger partial charge in [0.25, 0.3) is 17.4 Å². The van der Waals surface area contributed by atoms with Crippen LogP contribution in [0, 0.1) is 0 Å². The minimum atomic E-state index is -1.61. The van der Waals surface area contributed by atoms with E-state index >= 15 is 0 Å². The summed E-state index contributed by atoms with van der Waals surface area (Å²) < 4.78 is 6.71. The van der Waals surface area contributed by atoms with Crippen LogP contribution in [-0.4, -0.2) is 24.0 Å². The van der Waals surface area contributed by atoms with Gasteiger partial charge < -0.3 is 15.0 Å². The SMILES string of the molecule is CCN1C(=O)C(C)(C(=O)Nc2ccc(Br)cc2)Oc2ccccc21. The van der Waals surface area contributed by atoms with Gasteiger partial charge in [-0.05, 0) is 50.2 Å². The second-order valence-corrected chi connectivity index (χ2v) is 6.53. The summed E-state index contributed by atoms with van der Waals surface area (Å²) in [5.41, 5.74) is -0.334. The van der Waals surface area contributed by atoms with Crippen LogP contribution in [0.5, 0.6) is 5.75 Å². The molecule has 2 aromatic carbocycles. The molecule has 0 saturated carbocycles. The van der Waals surface area contributed by atoms with Crippen LogP contribution in [0.1, 0.15) is 13.8 Å². The lowest BCUT2D eigenvalue weighted by atomic mass is 9.99. The number of carbonyl (C=O) groups is 2. The Labute approximate surface area is 148 Å². The van der Waals surface area contributed by atoms with Crippen LogP contribution in [0.3, 0.4) is 0 Å². The molecule has 1 N–H and O–H groups in total. The van der Waals surface area contributed by atoms with Crippen molar-refractivity contribution in [2.45, 2.75) is 19.4 Å². The fourth-order valence-electron chi connectivity index (χ4n) is 2.64. The molecular weight excluding hydrogens is 372 g/mol. The summed E-state index contributed by atoms with van der Waals surface area (Å²) in [6, 6.07) is 14.4. The second kappa shape index (κ2) is 6.28. The summed E-state index contributed by atoms with van der Waals surface area (Å²) in [5.74, 6) is -0.353. The maximum atomic E-state index is 12.9. The van der Waals surface area contributed by atoms with Gasteiger partial charge in [0.05, 0.1) is 5.69 Å². The Hall–Kier alpha value is -2.34. The van der Waals surface area contributed by atoms with Gasteiger partial charge in [-0.3, -0.25) is 9.59 Å². The Kier molecular flexibility index (Phi) is 4.32. The topological polar surface area (TPSA) is 58.6 Å². The molecule has 2 amide bonds. The number of nitrogens with one attached hydrogen (secondary N) is 1. The maximum absolute atomic E-state index is 12.9. The molecular formula is C18H17BrN2O3. The molecule has 6 heteroatoms. The highest BCUT2D eigenvalue weighted by atomic mass is 79.9. The molecule has 1 heterocycles. The fourth-order valence-corrected chi connectivity index (χ4v) is 2.90. The highest BCUT2D eigenvalue weighted by molar-refractivity contribution is 9.10. The zero-order valence-corrected chi connectivity index (χ0v) is 15.0. The number of amides is 2. The van der Waals surface area contributed by atoms with E-state index in [-0.39, 0.29) is 5.91 Å². The van der Waals surface area contributed by atoms with Crippen LogP contribution in [-0.2, 0) is 9.59 Å². The molecule has 1 aliphatic rings. The van der Waals surface area contributed by atoms with E-state index in [1.54, 1.807) is 23.1 Å². The van der Waals surface area contributed by atoms with Gasteiger partial charge in [0.2, 0.25) is 0 Å². The van der Waals surface area contributed by atoms with Gasteiger partial charge >= 0.3 is 0 Å². The third-order valence-electron chi connectivity index (χ3n) is 3.98. The van der Waals surface area contributed by atoms with Crippen LogP contribution in [0.4, 0.5) is 11.4 Å². The number of ether oxygens (including phenoxy) is 1. The highest BCUT2D eigenvalue weighted by Gasteiger charge is 2.50.